The summed E-state index contributed by atoms with van der Waals surface area (Å²) in [6.45, 7) is 5.27. The van der Waals surface area contributed by atoms with Crippen molar-refractivity contribution in [3.8, 4) is 5.75 Å². The van der Waals surface area contributed by atoms with Gasteiger partial charge in [0, 0.05) is 5.56 Å². The van der Waals surface area contributed by atoms with Gasteiger partial charge in [0.2, 0.25) is 0 Å². The van der Waals surface area contributed by atoms with Gasteiger partial charge >= 0.3 is 0 Å². The van der Waals surface area contributed by atoms with E-state index >= 15 is 0 Å². The summed E-state index contributed by atoms with van der Waals surface area (Å²) in [5, 5.41) is 8.68. The second-order valence-corrected chi connectivity index (χ2v) is 2.01. The Labute approximate surface area is 70.7 Å². The predicted molar refractivity (Wildman–Crippen MR) is 44.1 cm³/mol. The highest BCUT2D eigenvalue weighted by Gasteiger charge is 2.06. The van der Waals surface area contributed by atoms with E-state index in [-0.39, 0.29) is 5.56 Å². The zero-order valence-corrected chi connectivity index (χ0v) is 7.36. The van der Waals surface area contributed by atoms with E-state index in [9.17, 15) is 8.78 Å². The third kappa shape index (κ3) is 2.19. The van der Waals surface area contributed by atoms with Crippen LogP contribution in [0, 0.1) is 18.6 Å². The molecule has 0 radical (unpaired) electrons. The van der Waals surface area contributed by atoms with E-state index in [1.807, 2.05) is 13.8 Å². The average molecular weight is 174 g/mol. The zero-order chi connectivity index (χ0) is 9.72. The van der Waals surface area contributed by atoms with Gasteiger partial charge in [0.05, 0.1) is 0 Å². The van der Waals surface area contributed by atoms with E-state index in [0.717, 1.165) is 12.1 Å². The molecule has 0 saturated carbocycles. The third-order valence-electron chi connectivity index (χ3n) is 1.30. The van der Waals surface area contributed by atoms with Crippen LogP contribution in [-0.4, -0.2) is 5.11 Å². The van der Waals surface area contributed by atoms with Crippen LogP contribution in [0.3, 0.4) is 0 Å². The van der Waals surface area contributed by atoms with Crippen LogP contribution in [-0.2, 0) is 0 Å². The smallest absolute Gasteiger partial charge is 0.170 e. The van der Waals surface area contributed by atoms with Crippen molar-refractivity contribution in [2.24, 2.45) is 0 Å². The predicted octanol–water partition coefficient (Wildman–Crippen LogP) is 3.01. The second kappa shape index (κ2) is 4.70. The minimum Gasteiger partial charge on any atom is -0.505 e. The fraction of sp³-hybridized carbons (Fsp3) is 0.333. The number of halogens is 2. The van der Waals surface area contributed by atoms with E-state index in [1.54, 1.807) is 0 Å². The van der Waals surface area contributed by atoms with Crippen molar-refractivity contribution in [3.63, 3.8) is 0 Å². The monoisotopic (exact) mass is 174 g/mol. The van der Waals surface area contributed by atoms with Crippen LogP contribution in [0.15, 0.2) is 12.1 Å². The summed E-state index contributed by atoms with van der Waals surface area (Å²) in [6.07, 6.45) is 0. The van der Waals surface area contributed by atoms with Gasteiger partial charge in [-0.25, -0.2) is 8.78 Å². The number of benzene rings is 1. The molecule has 0 aromatic heterocycles. The summed E-state index contributed by atoms with van der Waals surface area (Å²) in [7, 11) is 0. The highest BCUT2D eigenvalue weighted by molar-refractivity contribution is 5.29. The molecular weight excluding hydrogens is 162 g/mol. The maximum absolute atomic E-state index is 12.5. The molecular formula is C9H12F2O. The number of phenols is 1. The molecule has 0 amide bonds. The Hall–Kier alpha value is -1.12. The molecule has 0 saturated heterocycles. The Morgan fingerprint density at radius 1 is 1.17 bits per heavy atom. The normalized spacial score (nSPS) is 8.75. The van der Waals surface area contributed by atoms with Crippen LogP contribution in [0.2, 0.25) is 0 Å². The van der Waals surface area contributed by atoms with Crippen molar-refractivity contribution in [1.82, 2.24) is 0 Å². The summed E-state index contributed by atoms with van der Waals surface area (Å²) >= 11 is 0. The lowest BCUT2D eigenvalue weighted by molar-refractivity contribution is 0.424. The first-order valence-electron chi connectivity index (χ1n) is 3.76. The van der Waals surface area contributed by atoms with Crippen molar-refractivity contribution in [3.05, 3.63) is 29.3 Å². The Bertz CT molecular complexity index is 232. The lowest BCUT2D eigenvalue weighted by Gasteiger charge is -1.98. The van der Waals surface area contributed by atoms with E-state index in [2.05, 4.69) is 0 Å². The molecule has 12 heavy (non-hydrogen) atoms. The van der Waals surface area contributed by atoms with Gasteiger partial charge in [-0.1, -0.05) is 13.8 Å². The molecule has 1 aromatic rings. The van der Waals surface area contributed by atoms with E-state index in [1.165, 1.54) is 6.92 Å². The number of hydrogen-bond acceptors (Lipinski definition) is 1. The van der Waals surface area contributed by atoms with Crippen LogP contribution in [0.25, 0.3) is 0 Å². The lowest BCUT2D eigenvalue weighted by atomic mass is 10.2. The molecule has 3 heteroatoms. The summed E-state index contributed by atoms with van der Waals surface area (Å²) in [4.78, 5) is 0. The fourth-order valence-electron chi connectivity index (χ4n) is 0.647. The van der Waals surface area contributed by atoms with Gasteiger partial charge in [-0.2, -0.15) is 0 Å². The topological polar surface area (TPSA) is 20.2 Å². The highest BCUT2D eigenvalue weighted by atomic mass is 19.1. The number of aromatic hydroxyl groups is 1. The molecule has 0 spiro atoms. The summed E-state index contributed by atoms with van der Waals surface area (Å²) in [6, 6.07) is 2.01. The van der Waals surface area contributed by atoms with E-state index in [4.69, 9.17) is 5.11 Å². The Morgan fingerprint density at radius 3 is 2.08 bits per heavy atom. The van der Waals surface area contributed by atoms with Crippen molar-refractivity contribution < 1.29 is 13.9 Å². The second-order valence-electron chi connectivity index (χ2n) is 2.01. The fourth-order valence-corrected chi connectivity index (χ4v) is 0.647. The number of rotatable bonds is 0. The first-order valence-corrected chi connectivity index (χ1v) is 3.76. The molecule has 0 aliphatic heterocycles. The van der Waals surface area contributed by atoms with Crippen LogP contribution in [0.1, 0.15) is 19.4 Å². The minimum absolute atomic E-state index is 0.153. The first-order chi connectivity index (χ1) is 5.63. The van der Waals surface area contributed by atoms with Crippen LogP contribution in [0.4, 0.5) is 8.78 Å². The highest BCUT2D eigenvalue weighted by Crippen LogP contribution is 2.20. The van der Waals surface area contributed by atoms with Gasteiger partial charge < -0.3 is 5.11 Å². The van der Waals surface area contributed by atoms with Gasteiger partial charge in [-0.05, 0) is 19.1 Å². The van der Waals surface area contributed by atoms with Crippen LogP contribution in [0.5, 0.6) is 5.75 Å². The molecule has 1 nitrogen and oxygen atoms in total. The van der Waals surface area contributed by atoms with Crippen molar-refractivity contribution >= 4 is 0 Å². The van der Waals surface area contributed by atoms with Crippen LogP contribution >= 0.6 is 0 Å². The number of phenolic OH excluding ortho intramolecular Hbond substituents is 1. The van der Waals surface area contributed by atoms with Gasteiger partial charge in [-0.15, -0.1) is 0 Å². The van der Waals surface area contributed by atoms with Gasteiger partial charge in [0.1, 0.15) is 5.82 Å². The molecule has 0 unspecified atom stereocenters. The zero-order valence-electron chi connectivity index (χ0n) is 7.36. The van der Waals surface area contributed by atoms with E-state index in [0.29, 0.717) is 0 Å². The Kier molecular flexibility index (Phi) is 4.26. The Balaban J connectivity index is 0.000000561. The molecule has 0 atom stereocenters. The quantitative estimate of drug-likeness (QED) is 0.641. The molecule has 1 rings (SSSR count). The maximum Gasteiger partial charge on any atom is 0.170 e. The maximum atomic E-state index is 12.5. The first kappa shape index (κ1) is 10.9. The molecule has 68 valence electrons. The van der Waals surface area contributed by atoms with Crippen molar-refractivity contribution in [1.29, 1.82) is 0 Å². The Morgan fingerprint density at radius 2 is 1.67 bits per heavy atom. The van der Waals surface area contributed by atoms with Crippen molar-refractivity contribution in [2.45, 2.75) is 20.8 Å². The largest absolute Gasteiger partial charge is 0.505 e. The van der Waals surface area contributed by atoms with Crippen LogP contribution < -0.4 is 0 Å². The average Bonchev–Trinajstić information content (AvgIpc) is 2.12. The van der Waals surface area contributed by atoms with Gasteiger partial charge in [0.15, 0.2) is 11.6 Å². The standard InChI is InChI=1S/C7H6F2O.C2H6/c1-4-5(8)2-3-6(10)7(4)9;1-2/h2-3,10H,1H3;1-2H3. The van der Waals surface area contributed by atoms with Gasteiger partial charge in [-0.3, -0.25) is 0 Å². The van der Waals surface area contributed by atoms with Gasteiger partial charge in [0.25, 0.3) is 0 Å². The molecule has 0 aliphatic carbocycles. The molecule has 0 heterocycles. The molecule has 1 N–H and O–H groups in total. The minimum atomic E-state index is -0.889. The van der Waals surface area contributed by atoms with Crippen molar-refractivity contribution in [2.75, 3.05) is 0 Å². The third-order valence-corrected chi connectivity index (χ3v) is 1.30. The molecule has 0 fully saturated rings. The molecule has 0 bridgehead atoms. The lowest BCUT2D eigenvalue weighted by Crippen LogP contribution is -1.87. The molecule has 1 aromatic carbocycles. The summed E-state index contributed by atoms with van der Waals surface area (Å²) in [5.41, 5.74) is -0.153. The summed E-state index contributed by atoms with van der Waals surface area (Å²) < 4.78 is 24.9. The SMILES string of the molecule is CC.Cc1c(F)ccc(O)c1F. The molecule has 0 aliphatic rings. The summed E-state index contributed by atoms with van der Waals surface area (Å²) in [5.74, 6) is -2.05. The van der Waals surface area contributed by atoms with E-state index < -0.39 is 17.4 Å². The number of hydrogen-bond donors (Lipinski definition) is 1.